The molecule has 0 spiro atoms. The molecule has 0 bridgehead atoms. The highest BCUT2D eigenvalue weighted by Crippen LogP contribution is 2.23. The molecule has 0 heterocycles. The first-order chi connectivity index (χ1) is 7.76. The van der Waals surface area contributed by atoms with Crippen LogP contribution in [0.25, 0.3) is 0 Å². The van der Waals surface area contributed by atoms with Crippen molar-refractivity contribution in [3.8, 4) is 0 Å². The van der Waals surface area contributed by atoms with Crippen LogP contribution in [-0.2, 0) is 6.42 Å². The summed E-state index contributed by atoms with van der Waals surface area (Å²) in [5.41, 5.74) is 0.0225. The van der Waals surface area contributed by atoms with Gasteiger partial charge >= 0.3 is 0 Å². The van der Waals surface area contributed by atoms with Gasteiger partial charge in [-0.1, -0.05) is 23.7 Å². The minimum Gasteiger partial charge on any atom is -0.391 e. The standard InChI is InChI=1S/C13H19ClFNO/c1-13(2,16(3)4)11(17)8-9-6-5-7-10(14)12(9)15/h5-7,11,17H,8H2,1-4H3. The number of hydrogen-bond acceptors (Lipinski definition) is 2. The van der Waals surface area contributed by atoms with E-state index >= 15 is 0 Å². The van der Waals surface area contributed by atoms with Crippen LogP contribution in [0.2, 0.25) is 5.02 Å². The Balaban J connectivity index is 2.88. The first kappa shape index (κ1) is 14.4. The molecule has 17 heavy (non-hydrogen) atoms. The van der Waals surface area contributed by atoms with Crippen molar-refractivity contribution in [1.29, 1.82) is 0 Å². The molecule has 4 heteroatoms. The second-order valence-electron chi connectivity index (χ2n) is 4.98. The molecule has 1 rings (SSSR count). The van der Waals surface area contributed by atoms with E-state index in [1.165, 1.54) is 6.07 Å². The van der Waals surface area contributed by atoms with Gasteiger partial charge in [-0.05, 0) is 39.6 Å². The van der Waals surface area contributed by atoms with Crippen LogP contribution in [0.1, 0.15) is 19.4 Å². The lowest BCUT2D eigenvalue weighted by molar-refractivity contribution is 0.0178. The van der Waals surface area contributed by atoms with Crippen molar-refractivity contribution in [2.75, 3.05) is 14.1 Å². The number of rotatable bonds is 4. The summed E-state index contributed by atoms with van der Waals surface area (Å²) < 4.78 is 13.7. The van der Waals surface area contributed by atoms with E-state index in [2.05, 4.69) is 0 Å². The number of aliphatic hydroxyl groups is 1. The molecule has 1 aromatic carbocycles. The molecule has 0 aliphatic heterocycles. The van der Waals surface area contributed by atoms with Crippen LogP contribution in [0.15, 0.2) is 18.2 Å². The largest absolute Gasteiger partial charge is 0.391 e. The Kier molecular flexibility index (Phi) is 4.53. The molecule has 1 unspecified atom stereocenters. The maximum Gasteiger partial charge on any atom is 0.145 e. The van der Waals surface area contributed by atoms with Gasteiger partial charge in [0.05, 0.1) is 11.1 Å². The number of halogens is 2. The number of benzene rings is 1. The maximum absolute atomic E-state index is 13.7. The molecule has 2 nitrogen and oxygen atoms in total. The molecule has 1 N–H and O–H groups in total. The average Bonchev–Trinajstić information content (AvgIpc) is 2.24. The van der Waals surface area contributed by atoms with Gasteiger partial charge in [0.2, 0.25) is 0 Å². The summed E-state index contributed by atoms with van der Waals surface area (Å²) in [4.78, 5) is 1.92. The molecule has 0 radical (unpaired) electrons. The second kappa shape index (κ2) is 5.34. The van der Waals surface area contributed by atoms with Crippen molar-refractivity contribution in [1.82, 2.24) is 4.90 Å². The van der Waals surface area contributed by atoms with Crippen LogP contribution in [0.4, 0.5) is 4.39 Å². The van der Waals surface area contributed by atoms with Gasteiger partial charge in [0.1, 0.15) is 5.82 Å². The highest BCUT2D eigenvalue weighted by atomic mass is 35.5. The highest BCUT2D eigenvalue weighted by molar-refractivity contribution is 6.30. The second-order valence-corrected chi connectivity index (χ2v) is 5.39. The van der Waals surface area contributed by atoms with E-state index in [4.69, 9.17) is 11.6 Å². The third kappa shape index (κ3) is 3.18. The van der Waals surface area contributed by atoms with Crippen molar-refractivity contribution in [3.05, 3.63) is 34.6 Å². The monoisotopic (exact) mass is 259 g/mol. The first-order valence-corrected chi connectivity index (χ1v) is 5.93. The SMILES string of the molecule is CN(C)C(C)(C)C(O)Cc1cccc(Cl)c1F. The number of hydrogen-bond donors (Lipinski definition) is 1. The zero-order valence-corrected chi connectivity index (χ0v) is 11.4. The van der Waals surface area contributed by atoms with E-state index < -0.39 is 17.5 Å². The molecular formula is C13H19ClFNO. The molecule has 0 aliphatic rings. The topological polar surface area (TPSA) is 23.5 Å². The predicted molar refractivity (Wildman–Crippen MR) is 68.9 cm³/mol. The quantitative estimate of drug-likeness (QED) is 0.899. The van der Waals surface area contributed by atoms with Gasteiger partial charge < -0.3 is 10.0 Å². The molecule has 0 aromatic heterocycles. The Morgan fingerprint density at radius 3 is 2.53 bits per heavy atom. The van der Waals surface area contributed by atoms with Crippen molar-refractivity contribution in [2.45, 2.75) is 31.9 Å². The van der Waals surface area contributed by atoms with Crippen LogP contribution in [0.3, 0.4) is 0 Å². The fourth-order valence-corrected chi connectivity index (χ4v) is 1.66. The Hall–Kier alpha value is -0.640. The van der Waals surface area contributed by atoms with Crippen LogP contribution in [-0.4, -0.2) is 35.7 Å². The fourth-order valence-electron chi connectivity index (χ4n) is 1.46. The number of nitrogens with zero attached hydrogens (tertiary/aromatic N) is 1. The lowest BCUT2D eigenvalue weighted by Crippen LogP contribution is -2.49. The molecule has 0 saturated carbocycles. The van der Waals surface area contributed by atoms with Gasteiger partial charge in [-0.3, -0.25) is 0 Å². The van der Waals surface area contributed by atoms with Crippen LogP contribution in [0.5, 0.6) is 0 Å². The van der Waals surface area contributed by atoms with E-state index in [1.807, 2.05) is 32.8 Å². The van der Waals surface area contributed by atoms with Crippen molar-refractivity contribution >= 4 is 11.6 Å². The average molecular weight is 260 g/mol. The maximum atomic E-state index is 13.7. The predicted octanol–water partition coefficient (Wildman–Crippen LogP) is 2.72. The number of aliphatic hydroxyl groups excluding tert-OH is 1. The van der Waals surface area contributed by atoms with Crippen LogP contribution in [0, 0.1) is 5.82 Å². The first-order valence-electron chi connectivity index (χ1n) is 5.55. The van der Waals surface area contributed by atoms with Crippen LogP contribution < -0.4 is 0 Å². The zero-order valence-electron chi connectivity index (χ0n) is 10.7. The summed E-state index contributed by atoms with van der Waals surface area (Å²) in [7, 11) is 3.77. The molecular weight excluding hydrogens is 241 g/mol. The Bertz CT molecular complexity index is 393. The van der Waals surface area contributed by atoms with Gasteiger partial charge in [0.25, 0.3) is 0 Å². The minimum absolute atomic E-state index is 0.0948. The Morgan fingerprint density at radius 1 is 1.41 bits per heavy atom. The van der Waals surface area contributed by atoms with Gasteiger partial charge in [-0.2, -0.15) is 0 Å². The molecule has 1 atom stereocenters. The summed E-state index contributed by atoms with van der Waals surface area (Å²) in [6, 6.07) is 4.84. The molecule has 0 amide bonds. The molecule has 96 valence electrons. The third-order valence-corrected chi connectivity index (χ3v) is 3.70. The fraction of sp³-hybridized carbons (Fsp3) is 0.538. The third-order valence-electron chi connectivity index (χ3n) is 3.41. The van der Waals surface area contributed by atoms with Crippen molar-refractivity contribution in [2.24, 2.45) is 0 Å². The summed E-state index contributed by atoms with van der Waals surface area (Å²) in [5.74, 6) is -0.442. The Morgan fingerprint density at radius 2 is 2.00 bits per heavy atom. The normalized spacial score (nSPS) is 14.1. The molecule has 0 saturated heterocycles. The summed E-state index contributed by atoms with van der Waals surface area (Å²) in [6.07, 6.45) is -0.414. The van der Waals surface area contributed by atoms with Gasteiger partial charge in [0, 0.05) is 12.0 Å². The zero-order chi connectivity index (χ0) is 13.2. The lowest BCUT2D eigenvalue weighted by atomic mass is 9.90. The lowest BCUT2D eigenvalue weighted by Gasteiger charge is -2.37. The van der Waals surface area contributed by atoms with Gasteiger partial charge in [-0.15, -0.1) is 0 Å². The van der Waals surface area contributed by atoms with E-state index in [9.17, 15) is 9.50 Å². The van der Waals surface area contributed by atoms with Crippen molar-refractivity contribution in [3.63, 3.8) is 0 Å². The van der Waals surface area contributed by atoms with Crippen LogP contribution >= 0.6 is 11.6 Å². The van der Waals surface area contributed by atoms with Crippen molar-refractivity contribution < 1.29 is 9.50 Å². The van der Waals surface area contributed by atoms with E-state index in [0.717, 1.165) is 0 Å². The number of likely N-dealkylation sites (N-methyl/N-ethyl adjacent to an activating group) is 1. The van der Waals surface area contributed by atoms with Gasteiger partial charge in [-0.25, -0.2) is 4.39 Å². The smallest absolute Gasteiger partial charge is 0.145 e. The summed E-state index contributed by atoms with van der Waals surface area (Å²) in [6.45, 7) is 3.83. The Labute approximate surface area is 107 Å². The summed E-state index contributed by atoms with van der Waals surface area (Å²) >= 11 is 5.71. The minimum atomic E-state index is -0.662. The molecule has 0 aliphatic carbocycles. The van der Waals surface area contributed by atoms with E-state index in [1.54, 1.807) is 12.1 Å². The van der Waals surface area contributed by atoms with Gasteiger partial charge in [0.15, 0.2) is 0 Å². The van der Waals surface area contributed by atoms with E-state index in [0.29, 0.717) is 5.56 Å². The summed E-state index contributed by atoms with van der Waals surface area (Å²) in [5, 5.41) is 10.3. The molecule has 1 aromatic rings. The molecule has 0 fully saturated rings. The van der Waals surface area contributed by atoms with E-state index in [-0.39, 0.29) is 11.4 Å². The highest BCUT2D eigenvalue weighted by Gasteiger charge is 2.30.